The fraction of sp³-hybridized carbons (Fsp3) is 0.500. The minimum Gasteiger partial charge on any atom is -0.497 e. The van der Waals surface area contributed by atoms with Crippen LogP contribution in [-0.4, -0.2) is 13.2 Å². The van der Waals surface area contributed by atoms with Crippen LogP contribution in [0.5, 0.6) is 11.5 Å². The summed E-state index contributed by atoms with van der Waals surface area (Å²) in [7, 11) is 1.63. The van der Waals surface area contributed by atoms with E-state index in [0.717, 1.165) is 15.8 Å². The number of hydrogen-bond donors (Lipinski definition) is 0. The molecule has 0 saturated heterocycles. The topological polar surface area (TPSA) is 42.2 Å². The highest BCUT2D eigenvalue weighted by Gasteiger charge is 2.23. The van der Waals surface area contributed by atoms with Crippen molar-refractivity contribution in [2.45, 2.75) is 39.2 Å². The van der Waals surface area contributed by atoms with Gasteiger partial charge < -0.3 is 9.47 Å². The average molecular weight is 312 g/mol. The molecule has 0 N–H and O–H groups in total. The maximum Gasteiger partial charge on any atom is 0.181 e. The molecule has 0 saturated carbocycles. The molecule has 1 aromatic rings. The first-order chi connectivity index (χ1) is 8.29. The van der Waals surface area contributed by atoms with E-state index in [2.05, 4.69) is 42.8 Å². The SMILES string of the molecule is COc1cc(Br)c(OC(C)C#N)c(C(C)(C)C)c1. The van der Waals surface area contributed by atoms with E-state index in [9.17, 15) is 0 Å². The van der Waals surface area contributed by atoms with Gasteiger partial charge in [-0.25, -0.2) is 0 Å². The highest BCUT2D eigenvalue weighted by molar-refractivity contribution is 9.10. The van der Waals surface area contributed by atoms with E-state index in [4.69, 9.17) is 14.7 Å². The summed E-state index contributed by atoms with van der Waals surface area (Å²) in [5.74, 6) is 1.47. The lowest BCUT2D eigenvalue weighted by Gasteiger charge is -2.25. The van der Waals surface area contributed by atoms with Gasteiger partial charge in [-0.3, -0.25) is 0 Å². The zero-order valence-corrected chi connectivity index (χ0v) is 13.0. The van der Waals surface area contributed by atoms with Gasteiger partial charge in [-0.05, 0) is 40.4 Å². The van der Waals surface area contributed by atoms with Gasteiger partial charge in [0.05, 0.1) is 11.6 Å². The van der Waals surface area contributed by atoms with Gasteiger partial charge in [-0.15, -0.1) is 0 Å². The third-order valence-electron chi connectivity index (χ3n) is 2.54. The zero-order chi connectivity index (χ0) is 13.9. The molecular formula is C14H18BrNO2. The number of hydrogen-bond acceptors (Lipinski definition) is 3. The summed E-state index contributed by atoms with van der Waals surface area (Å²) in [4.78, 5) is 0. The van der Waals surface area contributed by atoms with Crippen LogP contribution in [0.25, 0.3) is 0 Å². The number of ether oxygens (including phenoxy) is 2. The maximum absolute atomic E-state index is 8.87. The minimum absolute atomic E-state index is 0.0957. The van der Waals surface area contributed by atoms with Gasteiger partial charge in [-0.1, -0.05) is 20.8 Å². The summed E-state index contributed by atoms with van der Waals surface area (Å²) in [5.41, 5.74) is 0.914. The predicted octanol–water partition coefficient (Wildman–Crippen LogP) is 4.05. The average Bonchev–Trinajstić information content (AvgIpc) is 2.29. The van der Waals surface area contributed by atoms with Gasteiger partial charge in [0.15, 0.2) is 6.10 Å². The first-order valence-corrected chi connectivity index (χ1v) is 6.53. The Kier molecular flexibility index (Phi) is 4.64. The smallest absolute Gasteiger partial charge is 0.181 e. The lowest BCUT2D eigenvalue weighted by molar-refractivity contribution is 0.267. The normalized spacial score (nSPS) is 12.7. The molecule has 1 unspecified atom stereocenters. The molecule has 0 spiro atoms. The summed E-state index contributed by atoms with van der Waals surface area (Å²) in [6.45, 7) is 8.01. The Hall–Kier alpha value is -1.21. The second kappa shape index (κ2) is 5.62. The van der Waals surface area contributed by atoms with Crippen LogP contribution in [0.3, 0.4) is 0 Å². The van der Waals surface area contributed by atoms with E-state index < -0.39 is 6.10 Å². The summed E-state index contributed by atoms with van der Waals surface area (Å²) in [5, 5.41) is 8.87. The van der Waals surface area contributed by atoms with Crippen molar-refractivity contribution < 1.29 is 9.47 Å². The molecule has 98 valence electrons. The Morgan fingerprint density at radius 1 is 1.33 bits per heavy atom. The van der Waals surface area contributed by atoms with Crippen molar-refractivity contribution in [2.75, 3.05) is 7.11 Å². The standard InChI is InChI=1S/C14H18BrNO2/c1-9(8-16)18-13-11(14(2,3)4)6-10(17-5)7-12(13)15/h6-7,9H,1-5H3. The molecule has 1 rings (SSSR count). The van der Waals surface area contributed by atoms with Crippen LogP contribution in [0.2, 0.25) is 0 Å². The van der Waals surface area contributed by atoms with Gasteiger partial charge in [0.1, 0.15) is 17.6 Å². The van der Waals surface area contributed by atoms with Crippen LogP contribution in [0.4, 0.5) is 0 Å². The predicted molar refractivity (Wildman–Crippen MR) is 75.1 cm³/mol. The fourth-order valence-corrected chi connectivity index (χ4v) is 2.10. The van der Waals surface area contributed by atoms with Crippen molar-refractivity contribution in [1.29, 1.82) is 5.26 Å². The van der Waals surface area contributed by atoms with E-state index in [1.807, 2.05) is 12.1 Å². The van der Waals surface area contributed by atoms with Gasteiger partial charge in [0, 0.05) is 5.56 Å². The second-order valence-corrected chi connectivity index (χ2v) is 5.98. The van der Waals surface area contributed by atoms with Gasteiger partial charge in [-0.2, -0.15) is 5.26 Å². The first kappa shape index (κ1) is 14.8. The van der Waals surface area contributed by atoms with Crippen LogP contribution in [-0.2, 0) is 5.41 Å². The molecule has 4 heteroatoms. The van der Waals surface area contributed by atoms with E-state index >= 15 is 0 Å². The Labute approximate surface area is 117 Å². The highest BCUT2D eigenvalue weighted by Crippen LogP contribution is 2.40. The molecule has 0 aliphatic rings. The van der Waals surface area contributed by atoms with Crippen molar-refractivity contribution in [2.24, 2.45) is 0 Å². The number of nitrogens with zero attached hydrogens (tertiary/aromatic N) is 1. The van der Waals surface area contributed by atoms with E-state index in [1.165, 1.54) is 0 Å². The number of methoxy groups -OCH3 is 1. The molecule has 18 heavy (non-hydrogen) atoms. The lowest BCUT2D eigenvalue weighted by atomic mass is 9.86. The Bertz CT molecular complexity index is 472. The van der Waals surface area contributed by atoms with Crippen LogP contribution >= 0.6 is 15.9 Å². The van der Waals surface area contributed by atoms with Crippen molar-refractivity contribution in [3.05, 3.63) is 22.2 Å². The molecule has 0 heterocycles. The largest absolute Gasteiger partial charge is 0.497 e. The van der Waals surface area contributed by atoms with E-state index in [1.54, 1.807) is 14.0 Å². The number of nitriles is 1. The van der Waals surface area contributed by atoms with Crippen molar-refractivity contribution in [3.8, 4) is 17.6 Å². The highest BCUT2D eigenvalue weighted by atomic mass is 79.9. The third-order valence-corrected chi connectivity index (χ3v) is 3.13. The maximum atomic E-state index is 8.87. The Balaban J connectivity index is 3.35. The number of benzene rings is 1. The third kappa shape index (κ3) is 3.39. The number of halogens is 1. The first-order valence-electron chi connectivity index (χ1n) is 5.74. The van der Waals surface area contributed by atoms with Crippen molar-refractivity contribution in [3.63, 3.8) is 0 Å². The summed E-state index contributed by atoms with van der Waals surface area (Å²) < 4.78 is 11.8. The van der Waals surface area contributed by atoms with Gasteiger partial charge in [0.25, 0.3) is 0 Å². The van der Waals surface area contributed by atoms with E-state index in [0.29, 0.717) is 5.75 Å². The molecule has 0 bridgehead atoms. The van der Waals surface area contributed by atoms with E-state index in [-0.39, 0.29) is 5.41 Å². The number of rotatable bonds is 3. The Morgan fingerprint density at radius 3 is 2.39 bits per heavy atom. The lowest BCUT2D eigenvalue weighted by Crippen LogP contribution is -2.17. The molecule has 1 aromatic carbocycles. The monoisotopic (exact) mass is 311 g/mol. The quantitative estimate of drug-likeness (QED) is 0.845. The molecule has 0 fully saturated rings. The van der Waals surface area contributed by atoms with Crippen LogP contribution < -0.4 is 9.47 Å². The summed E-state index contributed by atoms with van der Waals surface area (Å²) in [6, 6.07) is 5.86. The second-order valence-electron chi connectivity index (χ2n) is 5.13. The molecule has 3 nitrogen and oxygen atoms in total. The van der Waals surface area contributed by atoms with Crippen molar-refractivity contribution in [1.82, 2.24) is 0 Å². The Morgan fingerprint density at radius 2 is 1.94 bits per heavy atom. The molecule has 0 aliphatic heterocycles. The van der Waals surface area contributed by atoms with Crippen molar-refractivity contribution >= 4 is 15.9 Å². The molecule has 0 aromatic heterocycles. The molecule has 1 atom stereocenters. The fourth-order valence-electron chi connectivity index (χ4n) is 1.57. The zero-order valence-electron chi connectivity index (χ0n) is 11.4. The van der Waals surface area contributed by atoms with Crippen LogP contribution in [0, 0.1) is 11.3 Å². The van der Waals surface area contributed by atoms with Crippen LogP contribution in [0.1, 0.15) is 33.3 Å². The molecule has 0 amide bonds. The molecule has 0 aliphatic carbocycles. The van der Waals surface area contributed by atoms with Gasteiger partial charge >= 0.3 is 0 Å². The minimum atomic E-state index is -0.490. The summed E-state index contributed by atoms with van der Waals surface area (Å²) >= 11 is 3.47. The van der Waals surface area contributed by atoms with Gasteiger partial charge in [0.2, 0.25) is 0 Å². The summed E-state index contributed by atoms with van der Waals surface area (Å²) in [6.07, 6.45) is -0.490. The molecular weight excluding hydrogens is 294 g/mol. The van der Waals surface area contributed by atoms with Crippen LogP contribution in [0.15, 0.2) is 16.6 Å². The molecule has 0 radical (unpaired) electrons.